The molecular weight excluding hydrogens is 358 g/mol. The van der Waals surface area contributed by atoms with Crippen LogP contribution < -0.4 is 15.0 Å². The molecule has 2 bridgehead atoms. The van der Waals surface area contributed by atoms with Gasteiger partial charge in [0.2, 0.25) is 0 Å². The van der Waals surface area contributed by atoms with E-state index in [4.69, 9.17) is 4.74 Å². The van der Waals surface area contributed by atoms with Gasteiger partial charge in [0.1, 0.15) is 12.4 Å². The van der Waals surface area contributed by atoms with Crippen molar-refractivity contribution < 1.29 is 9.53 Å². The molecule has 2 aromatic rings. The van der Waals surface area contributed by atoms with Crippen molar-refractivity contribution in [3.8, 4) is 5.75 Å². The average Bonchev–Trinajstić information content (AvgIpc) is 3.09. The summed E-state index contributed by atoms with van der Waals surface area (Å²) < 4.78 is 6.96. The molecule has 0 unspecified atom stereocenters. The van der Waals surface area contributed by atoms with Crippen LogP contribution in [0.3, 0.4) is 0 Å². The third-order valence-electron chi connectivity index (χ3n) is 6.79. The first-order chi connectivity index (χ1) is 12.9. The fourth-order valence-electron chi connectivity index (χ4n) is 5.15. The van der Waals surface area contributed by atoms with E-state index >= 15 is 0 Å². The normalized spacial score (nSPS) is 28.7. The van der Waals surface area contributed by atoms with Crippen molar-refractivity contribution in [3.63, 3.8) is 0 Å². The second-order valence-electron chi connectivity index (χ2n) is 8.64. The first-order valence-corrected chi connectivity index (χ1v) is 10.7. The van der Waals surface area contributed by atoms with E-state index in [1.54, 1.807) is 11.3 Å². The van der Waals surface area contributed by atoms with Crippen LogP contribution in [0.25, 0.3) is 10.1 Å². The fourth-order valence-corrected chi connectivity index (χ4v) is 6.31. The summed E-state index contributed by atoms with van der Waals surface area (Å²) >= 11 is 1.59. The summed E-state index contributed by atoms with van der Waals surface area (Å²) in [6.07, 6.45) is 2.38. The molecule has 6 heteroatoms. The Morgan fingerprint density at radius 1 is 1.26 bits per heavy atom. The van der Waals surface area contributed by atoms with Gasteiger partial charge in [0, 0.05) is 18.6 Å². The van der Waals surface area contributed by atoms with Gasteiger partial charge in [0.05, 0.1) is 21.8 Å². The average molecular weight is 386 g/mol. The standard InChI is InChI=1S/C21H27N3O2S/c1-21(2)19(13-6-8-24(21)9-7-13)22-20(25)16-12-14-4-5-15-17(18(14)27-16)23(3)10-11-26-15/h4-5,12-13,19H,6-11H2,1-3H3,(H,22,25)/t19-/m0/s1. The van der Waals surface area contributed by atoms with Crippen LogP contribution in [0.2, 0.25) is 0 Å². The van der Waals surface area contributed by atoms with Crippen molar-refractivity contribution >= 4 is 33.0 Å². The van der Waals surface area contributed by atoms with Crippen molar-refractivity contribution in [2.24, 2.45) is 5.92 Å². The van der Waals surface area contributed by atoms with Crippen molar-refractivity contribution in [3.05, 3.63) is 23.1 Å². The van der Waals surface area contributed by atoms with Gasteiger partial charge in [-0.05, 0) is 69.3 Å². The molecular formula is C21H27N3O2S. The van der Waals surface area contributed by atoms with Crippen LogP contribution in [0.4, 0.5) is 5.69 Å². The monoisotopic (exact) mass is 385 g/mol. The molecule has 5 heterocycles. The topological polar surface area (TPSA) is 44.8 Å². The molecule has 0 saturated carbocycles. The molecule has 4 aliphatic heterocycles. The highest BCUT2D eigenvalue weighted by Gasteiger charge is 2.48. The molecule has 1 amide bonds. The molecule has 4 aliphatic rings. The summed E-state index contributed by atoms with van der Waals surface area (Å²) in [7, 11) is 2.09. The number of anilines is 1. The van der Waals surface area contributed by atoms with Crippen LogP contribution in [0.5, 0.6) is 5.75 Å². The summed E-state index contributed by atoms with van der Waals surface area (Å²) in [5.41, 5.74) is 1.15. The number of nitrogens with zero attached hydrogens (tertiary/aromatic N) is 2. The van der Waals surface area contributed by atoms with Crippen LogP contribution in [-0.2, 0) is 0 Å². The van der Waals surface area contributed by atoms with E-state index in [0.717, 1.165) is 46.0 Å². The predicted molar refractivity (Wildman–Crippen MR) is 110 cm³/mol. The number of hydrogen-bond acceptors (Lipinski definition) is 5. The number of amides is 1. The van der Waals surface area contributed by atoms with Gasteiger partial charge in [-0.25, -0.2) is 0 Å². The van der Waals surface area contributed by atoms with E-state index in [0.29, 0.717) is 12.5 Å². The van der Waals surface area contributed by atoms with Gasteiger partial charge in [0.25, 0.3) is 5.91 Å². The first-order valence-electron chi connectivity index (χ1n) is 9.91. The van der Waals surface area contributed by atoms with E-state index in [9.17, 15) is 4.79 Å². The number of thiophene rings is 1. The van der Waals surface area contributed by atoms with Crippen molar-refractivity contribution in [1.82, 2.24) is 10.2 Å². The largest absolute Gasteiger partial charge is 0.490 e. The second kappa shape index (κ2) is 6.11. The first kappa shape index (κ1) is 17.3. The number of ether oxygens (including phenoxy) is 1. The minimum atomic E-state index is 0.0285. The van der Waals surface area contributed by atoms with E-state index < -0.39 is 0 Å². The summed E-state index contributed by atoms with van der Waals surface area (Å²) in [6, 6.07) is 6.35. The lowest BCUT2D eigenvalue weighted by Gasteiger charge is -2.56. The lowest BCUT2D eigenvalue weighted by atomic mass is 9.72. The molecule has 0 spiro atoms. The molecule has 0 aliphatic carbocycles. The maximum atomic E-state index is 13.1. The number of rotatable bonds is 2. The van der Waals surface area contributed by atoms with Gasteiger partial charge in [0.15, 0.2) is 0 Å². The zero-order valence-corrected chi connectivity index (χ0v) is 17.1. The summed E-state index contributed by atoms with van der Waals surface area (Å²) in [6.45, 7) is 8.45. The molecule has 144 valence electrons. The van der Waals surface area contributed by atoms with E-state index in [-0.39, 0.29) is 17.5 Å². The Labute approximate surface area is 164 Å². The van der Waals surface area contributed by atoms with Crippen molar-refractivity contribution in [1.29, 1.82) is 0 Å². The molecule has 1 N–H and O–H groups in total. The highest BCUT2D eigenvalue weighted by Crippen LogP contribution is 2.43. The third kappa shape index (κ3) is 2.64. The van der Waals surface area contributed by atoms with Gasteiger partial charge in [-0.15, -0.1) is 11.3 Å². The Bertz CT molecular complexity index is 898. The van der Waals surface area contributed by atoms with Crippen LogP contribution in [-0.4, -0.2) is 55.7 Å². The number of likely N-dealkylation sites (N-methyl/N-ethyl adjacent to an activating group) is 1. The number of fused-ring (bicyclic) bond motifs is 6. The Kier molecular flexibility index (Phi) is 3.92. The zero-order valence-electron chi connectivity index (χ0n) is 16.2. The number of hydrogen-bond donors (Lipinski definition) is 1. The molecule has 1 aromatic carbocycles. The van der Waals surface area contributed by atoms with Gasteiger partial charge in [-0.2, -0.15) is 0 Å². The Morgan fingerprint density at radius 2 is 2.04 bits per heavy atom. The Morgan fingerprint density at radius 3 is 2.78 bits per heavy atom. The Hall–Kier alpha value is -1.79. The smallest absolute Gasteiger partial charge is 0.261 e. The number of benzene rings is 1. The molecule has 6 rings (SSSR count). The van der Waals surface area contributed by atoms with Crippen molar-refractivity contribution in [2.75, 3.05) is 38.2 Å². The Balaban J connectivity index is 1.46. The highest BCUT2D eigenvalue weighted by molar-refractivity contribution is 7.21. The van der Waals surface area contributed by atoms with Gasteiger partial charge >= 0.3 is 0 Å². The fraction of sp³-hybridized carbons (Fsp3) is 0.571. The maximum Gasteiger partial charge on any atom is 0.261 e. The third-order valence-corrected chi connectivity index (χ3v) is 7.94. The number of carbonyl (C=O) groups is 1. The quantitative estimate of drug-likeness (QED) is 0.861. The molecule has 0 radical (unpaired) electrons. The number of piperidine rings is 3. The molecule has 27 heavy (non-hydrogen) atoms. The maximum absolute atomic E-state index is 13.1. The highest BCUT2D eigenvalue weighted by atomic mass is 32.1. The van der Waals surface area contributed by atoms with Gasteiger partial charge < -0.3 is 15.0 Å². The number of carbonyl (C=O) groups excluding carboxylic acids is 1. The molecule has 1 aromatic heterocycles. The van der Waals surface area contributed by atoms with E-state index in [1.807, 2.05) is 12.1 Å². The van der Waals surface area contributed by atoms with Gasteiger partial charge in [-0.1, -0.05) is 0 Å². The molecule has 3 fully saturated rings. The summed E-state index contributed by atoms with van der Waals surface area (Å²) in [4.78, 5) is 18.7. The SMILES string of the molecule is CN1CCOc2ccc3cc(C(=O)N[C@H]4C5CCN(CC5)C4(C)C)sc3c21. The summed E-state index contributed by atoms with van der Waals surface area (Å²) in [5.74, 6) is 1.58. The zero-order chi connectivity index (χ0) is 18.8. The lowest BCUT2D eigenvalue weighted by Crippen LogP contribution is -2.69. The predicted octanol–water partition coefficient (Wildman–Crippen LogP) is 3.33. The lowest BCUT2D eigenvalue weighted by molar-refractivity contribution is -0.0377. The number of nitrogens with one attached hydrogen (secondary N) is 1. The molecule has 3 saturated heterocycles. The van der Waals surface area contributed by atoms with E-state index in [2.05, 4.69) is 42.1 Å². The van der Waals surface area contributed by atoms with E-state index in [1.165, 1.54) is 12.8 Å². The minimum Gasteiger partial charge on any atom is -0.490 e. The van der Waals surface area contributed by atoms with Crippen LogP contribution >= 0.6 is 11.3 Å². The molecule has 1 atom stereocenters. The molecule has 5 nitrogen and oxygen atoms in total. The van der Waals surface area contributed by atoms with Crippen LogP contribution in [0, 0.1) is 5.92 Å². The second-order valence-corrected chi connectivity index (χ2v) is 9.69. The van der Waals surface area contributed by atoms with Gasteiger partial charge in [-0.3, -0.25) is 9.69 Å². The van der Waals surface area contributed by atoms with Crippen LogP contribution in [0.15, 0.2) is 18.2 Å². The summed E-state index contributed by atoms with van der Waals surface area (Å²) in [5, 5.41) is 4.51. The van der Waals surface area contributed by atoms with Crippen LogP contribution in [0.1, 0.15) is 36.4 Å². The van der Waals surface area contributed by atoms with Crippen molar-refractivity contribution in [2.45, 2.75) is 38.3 Å². The minimum absolute atomic E-state index is 0.0285.